The molecule has 2 aromatic rings. The average Bonchev–Trinajstić information content (AvgIpc) is 2.70. The van der Waals surface area contributed by atoms with Crippen LogP contribution in [0, 0.1) is 6.92 Å². The van der Waals surface area contributed by atoms with Crippen molar-refractivity contribution in [3.8, 4) is 9.75 Å². The van der Waals surface area contributed by atoms with Gasteiger partial charge in [0.25, 0.3) is 0 Å². The van der Waals surface area contributed by atoms with Crippen molar-refractivity contribution in [3.63, 3.8) is 0 Å². The van der Waals surface area contributed by atoms with Crippen LogP contribution in [0.15, 0.2) is 18.3 Å². The maximum absolute atomic E-state index is 4.43. The van der Waals surface area contributed by atoms with Crippen LogP contribution in [0.3, 0.4) is 0 Å². The van der Waals surface area contributed by atoms with E-state index in [1.165, 1.54) is 19.6 Å². The van der Waals surface area contributed by atoms with Crippen molar-refractivity contribution in [1.82, 2.24) is 4.98 Å². The molecule has 74 valence electrons. The van der Waals surface area contributed by atoms with Gasteiger partial charge in [0, 0.05) is 21.9 Å². The first-order chi connectivity index (χ1) is 6.66. The van der Waals surface area contributed by atoms with Crippen molar-refractivity contribution in [2.45, 2.75) is 26.7 Å². The van der Waals surface area contributed by atoms with Crippen LogP contribution in [0.1, 0.15) is 29.7 Å². The smallest absolute Gasteiger partial charge is 0.0956 e. The van der Waals surface area contributed by atoms with Crippen LogP contribution >= 0.6 is 22.7 Å². The van der Waals surface area contributed by atoms with E-state index in [-0.39, 0.29) is 0 Å². The topological polar surface area (TPSA) is 12.9 Å². The van der Waals surface area contributed by atoms with Gasteiger partial charge in [-0.15, -0.1) is 22.7 Å². The summed E-state index contributed by atoms with van der Waals surface area (Å²) in [6, 6.07) is 4.34. The Labute approximate surface area is 92.4 Å². The lowest BCUT2D eigenvalue weighted by Gasteiger charge is -1.95. The van der Waals surface area contributed by atoms with E-state index in [0.29, 0.717) is 5.92 Å². The molecule has 3 heteroatoms. The zero-order valence-electron chi connectivity index (χ0n) is 8.57. The van der Waals surface area contributed by atoms with Crippen LogP contribution in [0.25, 0.3) is 9.75 Å². The summed E-state index contributed by atoms with van der Waals surface area (Å²) >= 11 is 3.64. The van der Waals surface area contributed by atoms with E-state index < -0.39 is 0 Å². The van der Waals surface area contributed by atoms with Gasteiger partial charge in [0.15, 0.2) is 0 Å². The molecule has 0 aromatic carbocycles. The fraction of sp³-hybridized carbons (Fsp3) is 0.364. The van der Waals surface area contributed by atoms with E-state index >= 15 is 0 Å². The number of thiazole rings is 1. The SMILES string of the molecule is Cc1ccc(-c2cnc(C(C)C)s2)s1. The molecule has 0 radical (unpaired) electrons. The Hall–Kier alpha value is -0.670. The second-order valence-corrected chi connectivity index (χ2v) is 5.98. The van der Waals surface area contributed by atoms with Gasteiger partial charge in [-0.25, -0.2) is 4.98 Å². The lowest BCUT2D eigenvalue weighted by atomic mass is 10.2. The number of aromatic nitrogens is 1. The molecule has 0 aliphatic rings. The molecule has 2 heterocycles. The normalized spacial score (nSPS) is 11.1. The van der Waals surface area contributed by atoms with E-state index in [4.69, 9.17) is 0 Å². The molecule has 0 amide bonds. The highest BCUT2D eigenvalue weighted by Gasteiger charge is 2.08. The molecule has 0 aliphatic heterocycles. The summed E-state index contributed by atoms with van der Waals surface area (Å²) in [6.45, 7) is 6.50. The first-order valence-electron chi connectivity index (χ1n) is 4.69. The molecule has 14 heavy (non-hydrogen) atoms. The fourth-order valence-electron chi connectivity index (χ4n) is 1.24. The van der Waals surface area contributed by atoms with Crippen molar-refractivity contribution < 1.29 is 0 Å². The second kappa shape index (κ2) is 3.83. The molecule has 0 atom stereocenters. The summed E-state index contributed by atoms with van der Waals surface area (Å²) in [6.07, 6.45) is 1.99. The van der Waals surface area contributed by atoms with Gasteiger partial charge in [-0.1, -0.05) is 13.8 Å². The Balaban J connectivity index is 2.33. The van der Waals surface area contributed by atoms with E-state index in [1.54, 1.807) is 11.3 Å². The average molecular weight is 223 g/mol. The fourth-order valence-corrected chi connectivity index (χ4v) is 3.10. The van der Waals surface area contributed by atoms with E-state index in [9.17, 15) is 0 Å². The molecule has 0 fully saturated rings. The minimum absolute atomic E-state index is 0.537. The maximum Gasteiger partial charge on any atom is 0.0956 e. The third-order valence-electron chi connectivity index (χ3n) is 2.00. The Morgan fingerprint density at radius 2 is 1.93 bits per heavy atom. The van der Waals surface area contributed by atoms with Crippen LogP contribution in [0.2, 0.25) is 0 Å². The molecular weight excluding hydrogens is 210 g/mol. The van der Waals surface area contributed by atoms with Crippen LogP contribution in [0.4, 0.5) is 0 Å². The largest absolute Gasteiger partial charge is 0.249 e. The molecule has 0 unspecified atom stereocenters. The van der Waals surface area contributed by atoms with Crippen molar-refractivity contribution in [2.24, 2.45) is 0 Å². The quantitative estimate of drug-likeness (QED) is 0.739. The van der Waals surface area contributed by atoms with Crippen LogP contribution in [0.5, 0.6) is 0 Å². The summed E-state index contributed by atoms with van der Waals surface area (Å²) < 4.78 is 0. The monoisotopic (exact) mass is 223 g/mol. The molecule has 0 aliphatic carbocycles. The lowest BCUT2D eigenvalue weighted by molar-refractivity contribution is 0.852. The van der Waals surface area contributed by atoms with E-state index in [1.807, 2.05) is 17.5 Å². The molecule has 1 nitrogen and oxygen atoms in total. The Morgan fingerprint density at radius 1 is 1.14 bits per heavy atom. The summed E-state index contributed by atoms with van der Waals surface area (Å²) in [5.41, 5.74) is 0. The number of aryl methyl sites for hydroxylation is 1. The van der Waals surface area contributed by atoms with Crippen molar-refractivity contribution in [1.29, 1.82) is 0 Å². The summed E-state index contributed by atoms with van der Waals surface area (Å²) in [5, 5.41) is 1.23. The predicted molar refractivity (Wildman–Crippen MR) is 64.3 cm³/mol. The van der Waals surface area contributed by atoms with E-state index in [0.717, 1.165) is 0 Å². The third kappa shape index (κ3) is 1.88. The van der Waals surface area contributed by atoms with Crippen molar-refractivity contribution >= 4 is 22.7 Å². The minimum atomic E-state index is 0.537. The highest BCUT2D eigenvalue weighted by Crippen LogP contribution is 2.33. The molecule has 2 aromatic heterocycles. The zero-order valence-corrected chi connectivity index (χ0v) is 10.2. The number of nitrogens with zero attached hydrogens (tertiary/aromatic N) is 1. The Morgan fingerprint density at radius 3 is 2.43 bits per heavy atom. The third-order valence-corrected chi connectivity index (χ3v) is 4.50. The lowest BCUT2D eigenvalue weighted by Crippen LogP contribution is -1.81. The molecule has 0 spiro atoms. The molecule has 0 N–H and O–H groups in total. The standard InChI is InChI=1S/C11H13NS2/c1-7(2)11-12-6-10(14-11)9-5-4-8(3)13-9/h4-7H,1-3H3. The van der Waals surface area contributed by atoms with Gasteiger partial charge in [-0.2, -0.15) is 0 Å². The van der Waals surface area contributed by atoms with Gasteiger partial charge in [0.05, 0.1) is 9.88 Å². The van der Waals surface area contributed by atoms with Gasteiger partial charge in [-0.3, -0.25) is 0 Å². The molecular formula is C11H13NS2. The number of hydrogen-bond acceptors (Lipinski definition) is 3. The highest BCUT2D eigenvalue weighted by atomic mass is 32.1. The molecule has 0 bridgehead atoms. The van der Waals surface area contributed by atoms with Gasteiger partial charge in [0.1, 0.15) is 0 Å². The predicted octanol–water partition coefficient (Wildman–Crippen LogP) is 4.30. The highest BCUT2D eigenvalue weighted by molar-refractivity contribution is 7.22. The molecule has 0 saturated heterocycles. The van der Waals surface area contributed by atoms with Gasteiger partial charge in [0.2, 0.25) is 0 Å². The first-order valence-corrected chi connectivity index (χ1v) is 6.32. The summed E-state index contributed by atoms with van der Waals surface area (Å²) in [7, 11) is 0. The minimum Gasteiger partial charge on any atom is -0.249 e. The van der Waals surface area contributed by atoms with E-state index in [2.05, 4.69) is 37.9 Å². The Kier molecular flexibility index (Phi) is 2.70. The van der Waals surface area contributed by atoms with Crippen molar-refractivity contribution in [2.75, 3.05) is 0 Å². The summed E-state index contributed by atoms with van der Waals surface area (Å²) in [4.78, 5) is 8.42. The van der Waals surface area contributed by atoms with Crippen LogP contribution in [-0.2, 0) is 0 Å². The molecule has 2 rings (SSSR count). The molecule has 0 saturated carbocycles. The van der Waals surface area contributed by atoms with Crippen molar-refractivity contribution in [3.05, 3.63) is 28.2 Å². The second-order valence-electron chi connectivity index (χ2n) is 3.63. The Bertz CT molecular complexity index is 426. The van der Waals surface area contributed by atoms with Gasteiger partial charge >= 0.3 is 0 Å². The number of hydrogen-bond donors (Lipinski definition) is 0. The van der Waals surface area contributed by atoms with Crippen LogP contribution in [-0.4, -0.2) is 4.98 Å². The number of thiophene rings is 1. The van der Waals surface area contributed by atoms with Gasteiger partial charge < -0.3 is 0 Å². The number of rotatable bonds is 2. The maximum atomic E-state index is 4.43. The zero-order chi connectivity index (χ0) is 10.1. The van der Waals surface area contributed by atoms with Gasteiger partial charge in [-0.05, 0) is 19.1 Å². The first kappa shape index (κ1) is 9.87. The summed E-state index contributed by atoms with van der Waals surface area (Å²) in [5.74, 6) is 0.537. The van der Waals surface area contributed by atoms with Crippen LogP contribution < -0.4 is 0 Å².